The first kappa shape index (κ1) is 12.5. The topological polar surface area (TPSA) is 70.7 Å². The maximum absolute atomic E-state index is 11.3. The van der Waals surface area contributed by atoms with Crippen LogP contribution >= 0.6 is 0 Å². The number of nitrogens with one attached hydrogen (secondary N) is 2. The van der Waals surface area contributed by atoms with Crippen LogP contribution in [0.3, 0.4) is 0 Å². The van der Waals surface area contributed by atoms with E-state index >= 15 is 0 Å². The molecule has 2 fully saturated rings. The third-order valence-corrected chi connectivity index (χ3v) is 3.11. The van der Waals surface area contributed by atoms with Gasteiger partial charge in [0, 0.05) is 13.1 Å². The summed E-state index contributed by atoms with van der Waals surface area (Å²) in [6, 6.07) is -0.327. The number of hydrogen-bond acceptors (Lipinski definition) is 5. The average molecular weight is 241 g/mol. The number of imide groups is 1. The smallest absolute Gasteiger partial charge is 0.244 e. The zero-order valence-corrected chi connectivity index (χ0v) is 9.91. The molecule has 2 N–H and O–H groups in total. The van der Waals surface area contributed by atoms with Gasteiger partial charge in [-0.15, -0.1) is 0 Å². The van der Waals surface area contributed by atoms with Crippen LogP contribution in [0.25, 0.3) is 0 Å². The van der Waals surface area contributed by atoms with Crippen molar-refractivity contribution in [2.75, 3.05) is 39.4 Å². The van der Waals surface area contributed by atoms with Gasteiger partial charge in [0.1, 0.15) is 0 Å². The number of amides is 2. The Bertz CT molecular complexity index is 290. The van der Waals surface area contributed by atoms with E-state index < -0.39 is 0 Å². The van der Waals surface area contributed by atoms with Crippen molar-refractivity contribution < 1.29 is 14.3 Å². The maximum atomic E-state index is 11.3. The third kappa shape index (κ3) is 3.76. The molecule has 2 aliphatic heterocycles. The predicted molar refractivity (Wildman–Crippen MR) is 61.4 cm³/mol. The summed E-state index contributed by atoms with van der Waals surface area (Å²) in [6.07, 6.45) is 1.26. The van der Waals surface area contributed by atoms with Crippen molar-refractivity contribution in [2.24, 2.45) is 0 Å². The van der Waals surface area contributed by atoms with Crippen LogP contribution < -0.4 is 10.6 Å². The van der Waals surface area contributed by atoms with E-state index in [2.05, 4.69) is 15.5 Å². The summed E-state index contributed by atoms with van der Waals surface area (Å²) in [4.78, 5) is 24.6. The first-order chi connectivity index (χ1) is 8.25. The van der Waals surface area contributed by atoms with Crippen LogP contribution in [0.1, 0.15) is 12.8 Å². The van der Waals surface area contributed by atoms with Gasteiger partial charge in [-0.1, -0.05) is 0 Å². The lowest BCUT2D eigenvalue weighted by Gasteiger charge is -2.26. The van der Waals surface area contributed by atoms with E-state index in [-0.39, 0.29) is 24.3 Å². The lowest BCUT2D eigenvalue weighted by molar-refractivity contribution is -0.125. The number of carbonyl (C=O) groups excluding carboxylic acids is 2. The first-order valence-corrected chi connectivity index (χ1v) is 6.13. The maximum Gasteiger partial charge on any atom is 0.244 e. The van der Waals surface area contributed by atoms with Gasteiger partial charge in [-0.2, -0.15) is 0 Å². The molecule has 0 bridgehead atoms. The van der Waals surface area contributed by atoms with E-state index in [1.54, 1.807) is 0 Å². The minimum Gasteiger partial charge on any atom is -0.379 e. The monoisotopic (exact) mass is 241 g/mol. The largest absolute Gasteiger partial charge is 0.379 e. The van der Waals surface area contributed by atoms with E-state index in [9.17, 15) is 9.59 Å². The molecule has 1 unspecified atom stereocenters. The Morgan fingerprint density at radius 2 is 2.12 bits per heavy atom. The number of morpholine rings is 1. The Kier molecular flexibility index (Phi) is 4.47. The van der Waals surface area contributed by atoms with Gasteiger partial charge in [-0.25, -0.2) is 0 Å². The van der Waals surface area contributed by atoms with E-state index in [1.165, 1.54) is 0 Å². The highest BCUT2D eigenvalue weighted by Crippen LogP contribution is 2.02. The Morgan fingerprint density at radius 3 is 2.76 bits per heavy atom. The van der Waals surface area contributed by atoms with Crippen molar-refractivity contribution in [3.8, 4) is 0 Å². The highest BCUT2D eigenvalue weighted by Gasteiger charge is 2.29. The zero-order valence-electron chi connectivity index (χ0n) is 9.91. The highest BCUT2D eigenvalue weighted by atomic mass is 16.5. The van der Waals surface area contributed by atoms with Gasteiger partial charge in [-0.3, -0.25) is 19.8 Å². The summed E-state index contributed by atoms with van der Waals surface area (Å²) < 4.78 is 5.27. The van der Waals surface area contributed by atoms with Crippen LogP contribution in [0.4, 0.5) is 0 Å². The predicted octanol–water partition coefficient (Wildman–Crippen LogP) is -1.29. The van der Waals surface area contributed by atoms with Crippen molar-refractivity contribution in [1.82, 2.24) is 15.5 Å². The fraction of sp³-hybridized carbons (Fsp3) is 0.818. The second-order valence-corrected chi connectivity index (χ2v) is 4.43. The van der Waals surface area contributed by atoms with Crippen LogP contribution in [0.15, 0.2) is 0 Å². The Balaban J connectivity index is 1.56. The van der Waals surface area contributed by atoms with Gasteiger partial charge in [0.15, 0.2) is 0 Å². The molecule has 0 spiro atoms. The van der Waals surface area contributed by atoms with Crippen LogP contribution in [0, 0.1) is 0 Å². The SMILES string of the molecule is O=C1CC(NCCCN2CCOCC2)C(=O)N1. The summed E-state index contributed by atoms with van der Waals surface area (Å²) in [5, 5.41) is 5.40. The van der Waals surface area contributed by atoms with Crippen LogP contribution in [-0.4, -0.2) is 62.1 Å². The van der Waals surface area contributed by atoms with Gasteiger partial charge in [0.05, 0.1) is 25.7 Å². The molecule has 1 atom stereocenters. The molecule has 0 aromatic heterocycles. The fourth-order valence-corrected chi connectivity index (χ4v) is 2.12. The lowest BCUT2D eigenvalue weighted by Crippen LogP contribution is -2.40. The molecule has 0 aromatic carbocycles. The number of rotatable bonds is 5. The molecule has 6 nitrogen and oxygen atoms in total. The van der Waals surface area contributed by atoms with E-state index in [0.717, 1.165) is 45.8 Å². The van der Waals surface area contributed by atoms with Crippen LogP contribution in [0.5, 0.6) is 0 Å². The normalized spacial score (nSPS) is 26.2. The minimum atomic E-state index is -0.327. The van der Waals surface area contributed by atoms with Gasteiger partial charge >= 0.3 is 0 Å². The second-order valence-electron chi connectivity index (χ2n) is 4.43. The Morgan fingerprint density at radius 1 is 1.35 bits per heavy atom. The molecule has 6 heteroatoms. The third-order valence-electron chi connectivity index (χ3n) is 3.11. The molecule has 2 heterocycles. The van der Waals surface area contributed by atoms with Crippen LogP contribution in [0.2, 0.25) is 0 Å². The van der Waals surface area contributed by atoms with Crippen molar-refractivity contribution in [2.45, 2.75) is 18.9 Å². The van der Waals surface area contributed by atoms with Crippen molar-refractivity contribution in [3.63, 3.8) is 0 Å². The summed E-state index contributed by atoms with van der Waals surface area (Å²) in [5.74, 6) is -0.373. The molecule has 0 aliphatic carbocycles. The summed E-state index contributed by atoms with van der Waals surface area (Å²) in [6.45, 7) is 5.38. The standard InChI is InChI=1S/C11H19N3O3/c15-10-8-9(11(16)13-10)12-2-1-3-14-4-6-17-7-5-14/h9,12H,1-8H2,(H,13,15,16). The number of ether oxygens (including phenoxy) is 1. The molecule has 2 saturated heterocycles. The quantitative estimate of drug-likeness (QED) is 0.463. The Hall–Kier alpha value is -0.980. The summed E-state index contributed by atoms with van der Waals surface area (Å²) in [7, 11) is 0. The lowest BCUT2D eigenvalue weighted by atomic mass is 10.2. The summed E-state index contributed by atoms with van der Waals surface area (Å²) in [5.41, 5.74) is 0. The van der Waals surface area contributed by atoms with E-state index in [1.807, 2.05) is 0 Å². The van der Waals surface area contributed by atoms with Gasteiger partial charge in [0.2, 0.25) is 11.8 Å². The molecular formula is C11H19N3O3. The minimum absolute atomic E-state index is 0.180. The average Bonchev–Trinajstić information content (AvgIpc) is 2.65. The molecule has 17 heavy (non-hydrogen) atoms. The highest BCUT2D eigenvalue weighted by molar-refractivity contribution is 6.05. The molecule has 2 rings (SSSR count). The molecule has 96 valence electrons. The fourth-order valence-electron chi connectivity index (χ4n) is 2.12. The van der Waals surface area contributed by atoms with Crippen LogP contribution in [-0.2, 0) is 14.3 Å². The zero-order chi connectivity index (χ0) is 12.1. The van der Waals surface area contributed by atoms with Crippen molar-refractivity contribution in [3.05, 3.63) is 0 Å². The van der Waals surface area contributed by atoms with Crippen molar-refractivity contribution >= 4 is 11.8 Å². The van der Waals surface area contributed by atoms with E-state index in [4.69, 9.17) is 4.74 Å². The van der Waals surface area contributed by atoms with E-state index in [0.29, 0.717) is 0 Å². The number of carbonyl (C=O) groups is 2. The molecule has 2 amide bonds. The Labute approximate surface area is 101 Å². The molecule has 0 radical (unpaired) electrons. The van der Waals surface area contributed by atoms with Gasteiger partial charge in [-0.05, 0) is 19.5 Å². The first-order valence-electron chi connectivity index (χ1n) is 6.13. The molecular weight excluding hydrogens is 222 g/mol. The second kappa shape index (κ2) is 6.09. The van der Waals surface area contributed by atoms with Gasteiger partial charge < -0.3 is 10.1 Å². The number of nitrogens with zero attached hydrogens (tertiary/aromatic N) is 1. The molecule has 0 aromatic rings. The molecule has 2 aliphatic rings. The van der Waals surface area contributed by atoms with Crippen molar-refractivity contribution in [1.29, 1.82) is 0 Å². The summed E-state index contributed by atoms with van der Waals surface area (Å²) >= 11 is 0. The number of hydrogen-bond donors (Lipinski definition) is 2. The molecule has 0 saturated carbocycles. The van der Waals surface area contributed by atoms with Gasteiger partial charge in [0.25, 0.3) is 0 Å².